The molecule has 1 aromatic heterocycles. The molecule has 3 aromatic rings. The van der Waals surface area contributed by atoms with E-state index in [1.54, 1.807) is 24.3 Å². The van der Waals surface area contributed by atoms with Crippen LogP contribution in [0.2, 0.25) is 5.02 Å². The summed E-state index contributed by atoms with van der Waals surface area (Å²) < 4.78 is 15.3. The Morgan fingerprint density at radius 3 is 2.77 bits per heavy atom. The van der Waals surface area contributed by atoms with Crippen molar-refractivity contribution in [2.24, 2.45) is 0 Å². The highest BCUT2D eigenvalue weighted by molar-refractivity contribution is 8.00. The van der Waals surface area contributed by atoms with Gasteiger partial charge in [-0.05, 0) is 48.7 Å². The summed E-state index contributed by atoms with van der Waals surface area (Å²) in [5.74, 6) is 0.282. The molecule has 30 heavy (non-hydrogen) atoms. The van der Waals surface area contributed by atoms with Gasteiger partial charge in [-0.25, -0.2) is 9.07 Å². The van der Waals surface area contributed by atoms with Crippen molar-refractivity contribution in [1.29, 1.82) is 0 Å². The minimum Gasteiger partial charge on any atom is -0.325 e. The third kappa shape index (κ3) is 4.15. The number of halogens is 2. The van der Waals surface area contributed by atoms with Crippen molar-refractivity contribution < 1.29 is 9.18 Å². The van der Waals surface area contributed by atoms with Crippen molar-refractivity contribution in [2.75, 3.05) is 10.7 Å². The van der Waals surface area contributed by atoms with E-state index in [0.717, 1.165) is 29.8 Å². The number of hydrogen-bond acceptors (Lipinski definition) is 5. The minimum absolute atomic E-state index is 0.196. The first kappa shape index (κ1) is 20.7. The van der Waals surface area contributed by atoms with Gasteiger partial charge in [-0.1, -0.05) is 48.5 Å². The van der Waals surface area contributed by atoms with Crippen molar-refractivity contribution in [3.05, 3.63) is 70.3 Å². The number of aromatic nitrogens is 3. The number of benzene rings is 2. The minimum atomic E-state index is -0.542. The lowest BCUT2D eigenvalue weighted by Crippen LogP contribution is -2.41. The van der Waals surface area contributed by atoms with E-state index in [1.165, 1.54) is 23.9 Å². The second-order valence-corrected chi connectivity index (χ2v) is 8.67. The maximum absolute atomic E-state index is 13.5. The number of aryl methyl sites for hydroxylation is 2. The molecule has 0 bridgehead atoms. The maximum atomic E-state index is 13.5. The molecule has 156 valence electrons. The van der Waals surface area contributed by atoms with Gasteiger partial charge >= 0.3 is 0 Å². The Balaban J connectivity index is 1.68. The van der Waals surface area contributed by atoms with E-state index in [-0.39, 0.29) is 11.7 Å². The maximum Gasteiger partial charge on any atom is 0.240 e. The molecule has 2 aromatic carbocycles. The van der Waals surface area contributed by atoms with Gasteiger partial charge < -0.3 is 10.7 Å². The zero-order chi connectivity index (χ0) is 21.3. The van der Waals surface area contributed by atoms with Gasteiger partial charge in [0.25, 0.3) is 0 Å². The summed E-state index contributed by atoms with van der Waals surface area (Å²) in [5, 5.41) is 12.1. The number of fused-ring (bicyclic) bond motifs is 1. The number of thioether (sulfide) groups is 1. The summed E-state index contributed by atoms with van der Waals surface area (Å²) in [6.07, 6.45) is 1.68. The van der Waals surface area contributed by atoms with Gasteiger partial charge in [-0.15, -0.1) is 10.2 Å². The van der Waals surface area contributed by atoms with Crippen LogP contribution in [0.25, 0.3) is 0 Å². The number of nitrogens with zero attached hydrogens (tertiary/aromatic N) is 3. The highest BCUT2D eigenvalue weighted by Crippen LogP contribution is 2.38. The molecule has 6 nitrogen and oxygen atoms in total. The van der Waals surface area contributed by atoms with Gasteiger partial charge in [0.1, 0.15) is 11.1 Å². The monoisotopic (exact) mass is 445 g/mol. The molecule has 0 unspecified atom stereocenters. The second-order valence-electron chi connectivity index (χ2n) is 7.13. The second kappa shape index (κ2) is 8.65. The highest BCUT2D eigenvalue weighted by Gasteiger charge is 2.38. The van der Waals surface area contributed by atoms with E-state index in [1.807, 2.05) is 17.7 Å². The summed E-state index contributed by atoms with van der Waals surface area (Å²) >= 11 is 7.44. The number of nitrogens with one attached hydrogen (secondary N) is 2. The average Bonchev–Trinajstić information content (AvgIpc) is 3.12. The van der Waals surface area contributed by atoms with Crippen molar-refractivity contribution in [3.63, 3.8) is 0 Å². The van der Waals surface area contributed by atoms with Crippen LogP contribution in [0.1, 0.15) is 36.3 Å². The van der Waals surface area contributed by atoms with E-state index >= 15 is 0 Å². The first-order valence-corrected chi connectivity index (χ1v) is 10.9. The fraction of sp³-hybridized carbons (Fsp3) is 0.286. The Labute approximate surface area is 183 Å². The van der Waals surface area contributed by atoms with Crippen LogP contribution in [-0.2, 0) is 11.2 Å². The third-order valence-electron chi connectivity index (χ3n) is 4.92. The van der Waals surface area contributed by atoms with E-state index < -0.39 is 11.3 Å². The first-order chi connectivity index (χ1) is 14.5. The molecule has 4 rings (SSSR count). The van der Waals surface area contributed by atoms with Crippen LogP contribution < -0.4 is 10.7 Å². The molecule has 0 saturated heterocycles. The van der Waals surface area contributed by atoms with E-state index in [2.05, 4.69) is 27.9 Å². The van der Waals surface area contributed by atoms with Crippen LogP contribution in [0.5, 0.6) is 0 Å². The summed E-state index contributed by atoms with van der Waals surface area (Å²) in [6, 6.07) is 11.1. The van der Waals surface area contributed by atoms with Crippen molar-refractivity contribution in [3.8, 4) is 0 Å². The van der Waals surface area contributed by atoms with Crippen LogP contribution in [0.3, 0.4) is 0 Å². The Morgan fingerprint density at radius 1 is 1.27 bits per heavy atom. The number of carbonyl (C=O) groups excluding carboxylic acids is 1. The molecule has 2 N–H and O–H groups in total. The summed E-state index contributed by atoms with van der Waals surface area (Å²) in [7, 11) is 0. The molecule has 2 atom stereocenters. The normalized spacial score (nSPS) is 17.9. The van der Waals surface area contributed by atoms with Gasteiger partial charge in [-0.3, -0.25) is 4.79 Å². The molecule has 0 radical (unpaired) electrons. The zero-order valence-corrected chi connectivity index (χ0v) is 18.1. The topological polar surface area (TPSA) is 71.8 Å². The van der Waals surface area contributed by atoms with Crippen LogP contribution in [0, 0.1) is 12.7 Å². The largest absolute Gasteiger partial charge is 0.325 e. The lowest BCUT2D eigenvalue weighted by atomic mass is 10.0. The fourth-order valence-corrected chi connectivity index (χ4v) is 4.61. The van der Waals surface area contributed by atoms with E-state index in [4.69, 9.17) is 11.6 Å². The molecule has 1 aliphatic rings. The van der Waals surface area contributed by atoms with Crippen LogP contribution in [0.15, 0.2) is 47.6 Å². The highest BCUT2D eigenvalue weighted by atomic mass is 35.5. The number of hydrogen-bond donors (Lipinski definition) is 2. The Hall–Kier alpha value is -2.58. The molecule has 0 saturated carbocycles. The Bertz CT molecular complexity index is 1070. The smallest absolute Gasteiger partial charge is 0.240 e. The van der Waals surface area contributed by atoms with Crippen LogP contribution >= 0.6 is 23.4 Å². The Morgan fingerprint density at radius 2 is 2.03 bits per heavy atom. The first-order valence-electron chi connectivity index (χ1n) is 9.66. The van der Waals surface area contributed by atoms with Crippen LogP contribution in [-0.4, -0.2) is 26.0 Å². The summed E-state index contributed by atoms with van der Waals surface area (Å²) in [6.45, 7) is 3.97. The standard InChI is InChI=1S/C21H21ClFN5OS/c1-3-4-17-25-26-21-28(17)27-18(13-6-9-15(23)10-7-13)19(30-21)20(29)24-16-11-14(22)8-5-12(16)2/h5-11,18-19,27H,3-4H2,1-2H3,(H,24,29)/t18-,19-/m1/s1. The van der Waals surface area contributed by atoms with Crippen molar-refractivity contribution >= 4 is 35.0 Å². The molecule has 0 spiro atoms. The van der Waals surface area contributed by atoms with Crippen LogP contribution in [0.4, 0.5) is 10.1 Å². The average molecular weight is 446 g/mol. The van der Waals surface area contributed by atoms with Gasteiger partial charge in [0.15, 0.2) is 5.82 Å². The molecular weight excluding hydrogens is 425 g/mol. The van der Waals surface area contributed by atoms with Crippen molar-refractivity contribution in [2.45, 2.75) is 43.1 Å². The molecule has 1 aliphatic heterocycles. The number of amides is 1. The van der Waals surface area contributed by atoms with Gasteiger partial charge in [0.05, 0.1) is 6.04 Å². The summed E-state index contributed by atoms with van der Waals surface area (Å²) in [4.78, 5) is 13.3. The lowest BCUT2D eigenvalue weighted by Gasteiger charge is -2.33. The molecule has 0 aliphatic carbocycles. The number of rotatable bonds is 5. The van der Waals surface area contributed by atoms with Crippen molar-refractivity contribution in [1.82, 2.24) is 14.9 Å². The predicted molar refractivity (Wildman–Crippen MR) is 117 cm³/mol. The van der Waals surface area contributed by atoms with E-state index in [9.17, 15) is 9.18 Å². The molecular formula is C21H21ClFN5OS. The fourth-order valence-electron chi connectivity index (χ4n) is 3.34. The van der Waals surface area contributed by atoms with Gasteiger partial charge in [0.2, 0.25) is 11.1 Å². The van der Waals surface area contributed by atoms with Gasteiger partial charge in [0, 0.05) is 17.1 Å². The predicted octanol–water partition coefficient (Wildman–Crippen LogP) is 4.73. The Kier molecular flexibility index (Phi) is 5.97. The molecule has 9 heteroatoms. The molecule has 1 amide bonds. The summed E-state index contributed by atoms with van der Waals surface area (Å²) in [5.41, 5.74) is 5.74. The lowest BCUT2D eigenvalue weighted by molar-refractivity contribution is -0.116. The zero-order valence-electron chi connectivity index (χ0n) is 16.5. The molecule has 0 fully saturated rings. The quantitative estimate of drug-likeness (QED) is 0.594. The van der Waals surface area contributed by atoms with Gasteiger partial charge in [-0.2, -0.15) is 0 Å². The molecule has 2 heterocycles. The SMILES string of the molecule is CCCc1nnc2n1N[C@H](c1ccc(F)cc1)[C@H](C(=O)Nc1cc(Cl)ccc1C)S2. The number of anilines is 1. The third-order valence-corrected chi connectivity index (χ3v) is 6.37. The van der Waals surface area contributed by atoms with E-state index in [0.29, 0.717) is 15.9 Å². The number of carbonyl (C=O) groups is 1.